The third kappa shape index (κ3) is 3.17. The van der Waals surface area contributed by atoms with Gasteiger partial charge in [0.05, 0.1) is 6.61 Å². The molecule has 0 amide bonds. The van der Waals surface area contributed by atoms with E-state index in [2.05, 4.69) is 15.9 Å². The number of carbonyl (C=O) groups is 1. The van der Waals surface area contributed by atoms with Crippen molar-refractivity contribution in [3.05, 3.63) is 46.7 Å². The molecule has 0 radical (unpaired) electrons. The molecule has 2 aromatic rings. The molecule has 0 atom stereocenters. The van der Waals surface area contributed by atoms with E-state index >= 15 is 0 Å². The van der Waals surface area contributed by atoms with Crippen LogP contribution in [0.2, 0.25) is 0 Å². The zero-order valence-electron chi connectivity index (χ0n) is 10.5. The fraction of sp³-hybridized carbons (Fsp3) is 0.214. The van der Waals surface area contributed by atoms with Crippen molar-refractivity contribution >= 4 is 21.9 Å². The van der Waals surface area contributed by atoms with Crippen molar-refractivity contribution < 1.29 is 14.6 Å². The van der Waals surface area contributed by atoms with Gasteiger partial charge in [0.25, 0.3) is 0 Å². The van der Waals surface area contributed by atoms with Crippen LogP contribution in [0.4, 0.5) is 0 Å². The molecule has 0 unspecified atom stereocenters. The van der Waals surface area contributed by atoms with Crippen molar-refractivity contribution in [1.29, 1.82) is 0 Å². The van der Waals surface area contributed by atoms with Gasteiger partial charge in [-0.05, 0) is 52.7 Å². The predicted molar refractivity (Wildman–Crippen MR) is 76.2 cm³/mol. The molecule has 0 bridgehead atoms. The summed E-state index contributed by atoms with van der Waals surface area (Å²) in [6, 6.07) is 8.92. The number of carboxylic acids is 1. The van der Waals surface area contributed by atoms with Crippen molar-refractivity contribution in [2.24, 2.45) is 0 Å². The van der Waals surface area contributed by atoms with Gasteiger partial charge in [-0.2, -0.15) is 0 Å². The molecule has 1 N–H and O–H groups in total. The number of halogens is 1. The van der Waals surface area contributed by atoms with Crippen LogP contribution in [0, 0.1) is 0 Å². The molecule has 0 aliphatic rings. The summed E-state index contributed by atoms with van der Waals surface area (Å²) in [5.41, 5.74) is 1.00. The second kappa shape index (κ2) is 5.93. The van der Waals surface area contributed by atoms with Gasteiger partial charge in [-0.15, -0.1) is 0 Å². The molecule has 1 heterocycles. The van der Waals surface area contributed by atoms with Gasteiger partial charge in [0, 0.05) is 16.4 Å². The summed E-state index contributed by atoms with van der Waals surface area (Å²) in [4.78, 5) is 11.2. The molecule has 0 aliphatic carbocycles. The Morgan fingerprint density at radius 3 is 2.63 bits per heavy atom. The molecule has 0 spiro atoms. The molecular weight excluding hydrogens is 310 g/mol. The van der Waals surface area contributed by atoms with E-state index in [9.17, 15) is 4.79 Å². The monoisotopic (exact) mass is 323 g/mol. The fourth-order valence-corrected chi connectivity index (χ4v) is 2.15. The van der Waals surface area contributed by atoms with Crippen molar-refractivity contribution in [1.82, 2.24) is 4.57 Å². The number of aromatic carboxylic acids is 1. The molecular formula is C14H14BrNO3. The summed E-state index contributed by atoms with van der Waals surface area (Å²) >= 11 is 3.29. The molecule has 0 aliphatic heterocycles. The van der Waals surface area contributed by atoms with Crippen molar-refractivity contribution in [3.8, 4) is 11.4 Å². The van der Waals surface area contributed by atoms with Gasteiger partial charge >= 0.3 is 5.97 Å². The minimum Gasteiger partial charge on any atom is -0.494 e. The number of ether oxygens (including phenoxy) is 1. The highest BCUT2D eigenvalue weighted by atomic mass is 79.9. The summed E-state index contributed by atoms with van der Waals surface area (Å²) in [5, 5.41) is 9.14. The normalized spacial score (nSPS) is 10.4. The van der Waals surface area contributed by atoms with E-state index in [0.29, 0.717) is 6.61 Å². The minimum absolute atomic E-state index is 0.217. The summed E-state index contributed by atoms with van der Waals surface area (Å²) < 4.78 is 7.85. The standard InChI is InChI=1S/C14H14BrNO3/c1-2-7-19-12-5-3-11(4-6-12)16-9-10(15)8-13(16)14(17)18/h3-6,8-9H,2,7H2,1H3,(H,17,18). The van der Waals surface area contributed by atoms with E-state index in [0.717, 1.165) is 22.3 Å². The first kappa shape index (κ1) is 13.7. The zero-order chi connectivity index (χ0) is 13.8. The van der Waals surface area contributed by atoms with Gasteiger partial charge in [0.15, 0.2) is 0 Å². The average molecular weight is 324 g/mol. The zero-order valence-corrected chi connectivity index (χ0v) is 12.1. The topological polar surface area (TPSA) is 51.5 Å². The third-order valence-corrected chi connectivity index (χ3v) is 3.03. The molecule has 5 heteroatoms. The highest BCUT2D eigenvalue weighted by Gasteiger charge is 2.12. The molecule has 1 aromatic heterocycles. The summed E-state index contributed by atoms with van der Waals surface area (Å²) in [5.74, 6) is -0.175. The van der Waals surface area contributed by atoms with E-state index in [-0.39, 0.29) is 5.69 Å². The maximum atomic E-state index is 11.2. The van der Waals surface area contributed by atoms with Gasteiger partial charge in [-0.25, -0.2) is 4.79 Å². The first-order chi connectivity index (χ1) is 9.11. The molecule has 19 heavy (non-hydrogen) atoms. The van der Waals surface area contributed by atoms with Crippen molar-refractivity contribution in [2.45, 2.75) is 13.3 Å². The maximum absolute atomic E-state index is 11.2. The van der Waals surface area contributed by atoms with Crippen LogP contribution in [-0.2, 0) is 0 Å². The van der Waals surface area contributed by atoms with Crippen LogP contribution in [0.5, 0.6) is 5.75 Å². The fourth-order valence-electron chi connectivity index (χ4n) is 1.73. The Hall–Kier alpha value is -1.75. The molecule has 100 valence electrons. The number of carboxylic acid groups (broad SMARTS) is 1. The molecule has 0 fully saturated rings. The van der Waals surface area contributed by atoms with Crippen LogP contribution in [-0.4, -0.2) is 22.2 Å². The lowest BCUT2D eigenvalue weighted by Gasteiger charge is -2.08. The first-order valence-corrected chi connectivity index (χ1v) is 6.75. The number of aromatic nitrogens is 1. The smallest absolute Gasteiger partial charge is 0.352 e. The van der Waals surface area contributed by atoms with Gasteiger partial charge in [0.2, 0.25) is 0 Å². The highest BCUT2D eigenvalue weighted by molar-refractivity contribution is 9.10. The Kier molecular flexibility index (Phi) is 4.27. The van der Waals surface area contributed by atoms with Crippen LogP contribution >= 0.6 is 15.9 Å². The largest absolute Gasteiger partial charge is 0.494 e. The lowest BCUT2D eigenvalue weighted by Crippen LogP contribution is -2.05. The quantitative estimate of drug-likeness (QED) is 0.912. The van der Waals surface area contributed by atoms with E-state index in [1.807, 2.05) is 31.2 Å². The molecule has 4 nitrogen and oxygen atoms in total. The SMILES string of the molecule is CCCOc1ccc(-n2cc(Br)cc2C(=O)O)cc1. The number of benzene rings is 1. The summed E-state index contributed by atoms with van der Waals surface area (Å²) in [7, 11) is 0. The maximum Gasteiger partial charge on any atom is 0.352 e. The predicted octanol–water partition coefficient (Wildman–Crippen LogP) is 3.73. The van der Waals surface area contributed by atoms with Gasteiger partial charge in [-0.1, -0.05) is 6.92 Å². The van der Waals surface area contributed by atoms with Gasteiger partial charge < -0.3 is 14.4 Å². The highest BCUT2D eigenvalue weighted by Crippen LogP contribution is 2.22. The van der Waals surface area contributed by atoms with Crippen LogP contribution < -0.4 is 4.74 Å². The first-order valence-electron chi connectivity index (χ1n) is 5.96. The van der Waals surface area contributed by atoms with Gasteiger partial charge in [0.1, 0.15) is 11.4 Å². The van der Waals surface area contributed by atoms with Crippen LogP contribution in [0.15, 0.2) is 41.0 Å². The van der Waals surface area contributed by atoms with E-state index in [1.165, 1.54) is 0 Å². The lowest BCUT2D eigenvalue weighted by atomic mass is 10.3. The number of nitrogens with zero attached hydrogens (tertiary/aromatic N) is 1. The van der Waals surface area contributed by atoms with Crippen molar-refractivity contribution in [2.75, 3.05) is 6.61 Å². The second-order valence-corrected chi connectivity index (χ2v) is 4.98. The minimum atomic E-state index is -0.961. The summed E-state index contributed by atoms with van der Waals surface area (Å²) in [6.07, 6.45) is 2.68. The third-order valence-electron chi connectivity index (χ3n) is 2.59. The Balaban J connectivity index is 2.29. The van der Waals surface area contributed by atoms with Crippen molar-refractivity contribution in [3.63, 3.8) is 0 Å². The number of rotatable bonds is 5. The van der Waals surface area contributed by atoms with Crippen LogP contribution in [0.1, 0.15) is 23.8 Å². The van der Waals surface area contributed by atoms with E-state index in [1.54, 1.807) is 16.8 Å². The average Bonchev–Trinajstić information content (AvgIpc) is 2.79. The summed E-state index contributed by atoms with van der Waals surface area (Å²) in [6.45, 7) is 2.72. The Morgan fingerprint density at radius 2 is 2.05 bits per heavy atom. The number of hydrogen-bond donors (Lipinski definition) is 1. The Bertz CT molecular complexity index is 575. The number of hydrogen-bond acceptors (Lipinski definition) is 2. The lowest BCUT2D eigenvalue weighted by molar-refractivity contribution is 0.0688. The van der Waals surface area contributed by atoms with Crippen LogP contribution in [0.3, 0.4) is 0 Å². The Morgan fingerprint density at radius 1 is 1.37 bits per heavy atom. The van der Waals surface area contributed by atoms with E-state index in [4.69, 9.17) is 9.84 Å². The van der Waals surface area contributed by atoms with Crippen LogP contribution in [0.25, 0.3) is 5.69 Å². The molecule has 2 rings (SSSR count). The second-order valence-electron chi connectivity index (χ2n) is 4.06. The molecule has 0 saturated carbocycles. The Labute approximate surface area is 119 Å². The molecule has 1 aromatic carbocycles. The van der Waals surface area contributed by atoms with E-state index < -0.39 is 5.97 Å². The van der Waals surface area contributed by atoms with Gasteiger partial charge in [-0.3, -0.25) is 0 Å². The molecule has 0 saturated heterocycles.